The molecule has 0 aliphatic heterocycles. The molecule has 0 spiro atoms. The van der Waals surface area contributed by atoms with Gasteiger partial charge < -0.3 is 15.4 Å². The average Bonchev–Trinajstić information content (AvgIpc) is 2.70. The highest BCUT2D eigenvalue weighted by Crippen LogP contribution is 2.21. The molecule has 1 heterocycles. The third kappa shape index (κ3) is 1.82. The number of nitrogens with two attached hydrogens (primary N) is 1. The van der Waals surface area contributed by atoms with Gasteiger partial charge in [0.2, 0.25) is 5.82 Å². The fraction of sp³-hybridized carbons (Fsp3) is 0.200. The number of nitrogen functional groups attached to an aromatic ring is 1. The number of aromatic nitrogens is 2. The number of aliphatic hydroxyl groups is 1. The number of anilines is 1. The second kappa shape index (κ2) is 3.70. The lowest BCUT2D eigenvalue weighted by Crippen LogP contribution is -1.91. The summed E-state index contributed by atoms with van der Waals surface area (Å²) in [5.41, 5.74) is 8.23. The first-order valence-corrected chi connectivity index (χ1v) is 4.50. The topological polar surface area (TPSA) is 85.2 Å². The lowest BCUT2D eigenvalue weighted by Gasteiger charge is -2.00. The molecule has 0 radical (unpaired) electrons. The van der Waals surface area contributed by atoms with Crippen LogP contribution in [0.4, 0.5) is 5.69 Å². The number of hydrogen-bond acceptors (Lipinski definition) is 5. The second-order valence-corrected chi connectivity index (χ2v) is 3.24. The molecular formula is C10H11N3O2. The molecule has 0 aliphatic rings. The standard InChI is InChI=1S/C10H11N3O2/c1-6-2-3-7(4-8(6)11)10-12-9(5-14)15-13-10/h2-4,14H,5,11H2,1H3. The van der Waals surface area contributed by atoms with Crippen LogP contribution >= 0.6 is 0 Å². The zero-order chi connectivity index (χ0) is 10.8. The summed E-state index contributed by atoms with van der Waals surface area (Å²) in [6, 6.07) is 5.53. The molecule has 78 valence electrons. The Hall–Kier alpha value is -1.88. The second-order valence-electron chi connectivity index (χ2n) is 3.24. The fourth-order valence-corrected chi connectivity index (χ4v) is 1.22. The molecule has 0 unspecified atom stereocenters. The Labute approximate surface area is 86.5 Å². The van der Waals surface area contributed by atoms with E-state index in [0.717, 1.165) is 11.1 Å². The van der Waals surface area contributed by atoms with Crippen LogP contribution in [0.1, 0.15) is 11.5 Å². The summed E-state index contributed by atoms with van der Waals surface area (Å²) in [4.78, 5) is 3.99. The highest BCUT2D eigenvalue weighted by Gasteiger charge is 2.08. The highest BCUT2D eigenvalue weighted by molar-refractivity contribution is 5.63. The first kappa shape index (κ1) is 9.67. The Kier molecular flexibility index (Phi) is 2.39. The van der Waals surface area contributed by atoms with Crippen LogP contribution in [0.2, 0.25) is 0 Å². The summed E-state index contributed by atoms with van der Waals surface area (Å²) in [6.45, 7) is 1.67. The highest BCUT2D eigenvalue weighted by atomic mass is 16.5. The molecule has 0 aliphatic carbocycles. The summed E-state index contributed by atoms with van der Waals surface area (Å²) in [5, 5.41) is 12.5. The van der Waals surface area contributed by atoms with Crippen molar-refractivity contribution < 1.29 is 9.63 Å². The minimum Gasteiger partial charge on any atom is -0.398 e. The maximum atomic E-state index is 8.78. The molecule has 2 rings (SSSR count). The van der Waals surface area contributed by atoms with Crippen LogP contribution in [0.15, 0.2) is 22.7 Å². The third-order valence-electron chi connectivity index (χ3n) is 2.14. The van der Waals surface area contributed by atoms with E-state index >= 15 is 0 Å². The van der Waals surface area contributed by atoms with Crippen molar-refractivity contribution in [2.75, 3.05) is 5.73 Å². The molecule has 0 saturated heterocycles. The number of aliphatic hydroxyl groups excluding tert-OH is 1. The van der Waals surface area contributed by atoms with Crippen LogP contribution in [0.25, 0.3) is 11.4 Å². The lowest BCUT2D eigenvalue weighted by atomic mass is 10.1. The molecule has 1 aromatic carbocycles. The number of aryl methyl sites for hydroxylation is 1. The third-order valence-corrected chi connectivity index (χ3v) is 2.14. The minimum atomic E-state index is -0.256. The Morgan fingerprint density at radius 3 is 2.87 bits per heavy atom. The number of nitrogens with zero attached hydrogens (tertiary/aromatic N) is 2. The fourth-order valence-electron chi connectivity index (χ4n) is 1.22. The molecule has 3 N–H and O–H groups in total. The number of benzene rings is 1. The van der Waals surface area contributed by atoms with Gasteiger partial charge in [0.15, 0.2) is 0 Å². The first-order valence-electron chi connectivity index (χ1n) is 4.50. The van der Waals surface area contributed by atoms with Crippen molar-refractivity contribution in [1.29, 1.82) is 0 Å². The first-order chi connectivity index (χ1) is 7.20. The molecule has 0 fully saturated rings. The van der Waals surface area contributed by atoms with Gasteiger partial charge >= 0.3 is 0 Å². The average molecular weight is 205 g/mol. The van der Waals surface area contributed by atoms with Crippen molar-refractivity contribution >= 4 is 5.69 Å². The van der Waals surface area contributed by atoms with Crippen molar-refractivity contribution in [3.8, 4) is 11.4 Å². The summed E-state index contributed by atoms with van der Waals surface area (Å²) in [5.74, 6) is 0.634. The van der Waals surface area contributed by atoms with E-state index < -0.39 is 0 Å². The molecule has 5 heteroatoms. The molecule has 1 aromatic heterocycles. The number of rotatable bonds is 2. The van der Waals surface area contributed by atoms with Crippen LogP contribution in [0, 0.1) is 6.92 Å². The molecule has 15 heavy (non-hydrogen) atoms. The summed E-state index contributed by atoms with van der Waals surface area (Å²) >= 11 is 0. The summed E-state index contributed by atoms with van der Waals surface area (Å²) in [7, 11) is 0. The Balaban J connectivity index is 2.40. The van der Waals surface area contributed by atoms with Gasteiger partial charge in [-0.05, 0) is 18.6 Å². The minimum absolute atomic E-state index is 0.198. The van der Waals surface area contributed by atoms with Crippen molar-refractivity contribution in [1.82, 2.24) is 10.1 Å². The van der Waals surface area contributed by atoms with E-state index in [1.165, 1.54) is 0 Å². The maximum Gasteiger partial charge on any atom is 0.252 e. The van der Waals surface area contributed by atoms with Gasteiger partial charge in [0, 0.05) is 11.3 Å². The van der Waals surface area contributed by atoms with E-state index in [2.05, 4.69) is 10.1 Å². The zero-order valence-electron chi connectivity index (χ0n) is 8.27. The molecule has 0 saturated carbocycles. The quantitative estimate of drug-likeness (QED) is 0.717. The molecule has 0 amide bonds. The van der Waals surface area contributed by atoms with Gasteiger partial charge in [-0.1, -0.05) is 17.3 Å². The van der Waals surface area contributed by atoms with E-state index in [1.807, 2.05) is 19.1 Å². The molecule has 0 bridgehead atoms. The smallest absolute Gasteiger partial charge is 0.252 e. The van der Waals surface area contributed by atoms with Crippen LogP contribution < -0.4 is 5.73 Å². The van der Waals surface area contributed by atoms with E-state index in [4.69, 9.17) is 15.4 Å². The summed E-state index contributed by atoms with van der Waals surface area (Å²) in [6.07, 6.45) is 0. The van der Waals surface area contributed by atoms with E-state index in [0.29, 0.717) is 11.5 Å². The monoisotopic (exact) mass is 205 g/mol. The molecular weight excluding hydrogens is 194 g/mol. The maximum absolute atomic E-state index is 8.78. The van der Waals surface area contributed by atoms with Crippen LogP contribution in [-0.2, 0) is 6.61 Å². The number of hydrogen-bond donors (Lipinski definition) is 2. The van der Waals surface area contributed by atoms with E-state index in [1.54, 1.807) is 6.07 Å². The van der Waals surface area contributed by atoms with Crippen LogP contribution in [0.5, 0.6) is 0 Å². The molecule has 0 atom stereocenters. The SMILES string of the molecule is Cc1ccc(-c2noc(CO)n2)cc1N. The van der Waals surface area contributed by atoms with Crippen molar-refractivity contribution in [3.05, 3.63) is 29.7 Å². The Morgan fingerprint density at radius 2 is 2.27 bits per heavy atom. The van der Waals surface area contributed by atoms with Gasteiger partial charge in [-0.15, -0.1) is 0 Å². The van der Waals surface area contributed by atoms with E-state index in [9.17, 15) is 0 Å². The van der Waals surface area contributed by atoms with Gasteiger partial charge in [-0.3, -0.25) is 0 Å². The predicted molar refractivity (Wildman–Crippen MR) is 54.8 cm³/mol. The van der Waals surface area contributed by atoms with Gasteiger partial charge in [-0.25, -0.2) is 0 Å². The Morgan fingerprint density at radius 1 is 1.47 bits per heavy atom. The van der Waals surface area contributed by atoms with Crippen molar-refractivity contribution in [2.24, 2.45) is 0 Å². The predicted octanol–water partition coefficient (Wildman–Crippen LogP) is 1.12. The zero-order valence-corrected chi connectivity index (χ0v) is 8.27. The van der Waals surface area contributed by atoms with Crippen molar-refractivity contribution in [2.45, 2.75) is 13.5 Å². The summed E-state index contributed by atoms with van der Waals surface area (Å²) < 4.78 is 4.79. The van der Waals surface area contributed by atoms with Gasteiger partial charge in [0.05, 0.1) is 0 Å². The Bertz CT molecular complexity index is 479. The normalized spacial score (nSPS) is 10.5. The molecule has 2 aromatic rings. The van der Waals surface area contributed by atoms with Crippen molar-refractivity contribution in [3.63, 3.8) is 0 Å². The lowest BCUT2D eigenvalue weighted by molar-refractivity contribution is 0.222. The molecule has 5 nitrogen and oxygen atoms in total. The van der Waals surface area contributed by atoms with Crippen LogP contribution in [-0.4, -0.2) is 15.2 Å². The van der Waals surface area contributed by atoms with Gasteiger partial charge in [0.25, 0.3) is 5.89 Å². The van der Waals surface area contributed by atoms with Crippen LogP contribution in [0.3, 0.4) is 0 Å². The largest absolute Gasteiger partial charge is 0.398 e. The van der Waals surface area contributed by atoms with Gasteiger partial charge in [0.1, 0.15) is 6.61 Å². The van der Waals surface area contributed by atoms with E-state index in [-0.39, 0.29) is 12.5 Å². The van der Waals surface area contributed by atoms with Gasteiger partial charge in [-0.2, -0.15) is 4.98 Å².